The molecule has 1 amide bonds. The number of carbonyl (C=O) groups is 1. The van der Waals surface area contributed by atoms with Crippen molar-refractivity contribution in [3.63, 3.8) is 0 Å². The van der Waals surface area contributed by atoms with Gasteiger partial charge in [0.1, 0.15) is 5.75 Å². The fourth-order valence-corrected chi connectivity index (χ4v) is 2.10. The molecule has 2 rings (SSSR count). The first kappa shape index (κ1) is 15.6. The third kappa shape index (κ3) is 5.23. The molecule has 0 atom stereocenters. The molecule has 4 heteroatoms. The minimum Gasteiger partial charge on any atom is -0.493 e. The summed E-state index contributed by atoms with van der Waals surface area (Å²) < 4.78 is 6.55. The zero-order valence-corrected chi connectivity index (χ0v) is 13.5. The van der Waals surface area contributed by atoms with E-state index in [1.807, 2.05) is 48.5 Å². The van der Waals surface area contributed by atoms with Crippen LogP contribution >= 0.6 is 15.9 Å². The molecule has 0 aliphatic heterocycles. The lowest BCUT2D eigenvalue weighted by atomic mass is 10.2. The molecule has 0 radical (unpaired) electrons. The lowest BCUT2D eigenvalue weighted by molar-refractivity contribution is -0.116. The van der Waals surface area contributed by atoms with E-state index < -0.39 is 0 Å². The van der Waals surface area contributed by atoms with Gasteiger partial charge in [0.15, 0.2) is 0 Å². The number of rotatable bonds is 6. The Hall–Kier alpha value is -1.81. The van der Waals surface area contributed by atoms with E-state index in [1.165, 1.54) is 5.56 Å². The normalized spacial score (nSPS) is 10.2. The fraction of sp³-hybridized carbons (Fsp3) is 0.235. The van der Waals surface area contributed by atoms with Gasteiger partial charge in [0, 0.05) is 10.2 Å². The number of hydrogen-bond donors (Lipinski definition) is 1. The number of hydrogen-bond acceptors (Lipinski definition) is 2. The van der Waals surface area contributed by atoms with Crippen LogP contribution in [0, 0.1) is 0 Å². The highest BCUT2D eigenvalue weighted by Crippen LogP contribution is 2.15. The van der Waals surface area contributed by atoms with Crippen LogP contribution in [0.15, 0.2) is 53.0 Å². The highest BCUT2D eigenvalue weighted by Gasteiger charge is 2.03. The van der Waals surface area contributed by atoms with Gasteiger partial charge in [0.25, 0.3) is 0 Å². The van der Waals surface area contributed by atoms with Crippen molar-refractivity contribution in [2.75, 3.05) is 11.9 Å². The van der Waals surface area contributed by atoms with E-state index in [1.54, 1.807) is 0 Å². The molecule has 0 heterocycles. The molecule has 1 N–H and O–H groups in total. The summed E-state index contributed by atoms with van der Waals surface area (Å²) in [4.78, 5) is 11.8. The minimum absolute atomic E-state index is 0.0532. The Labute approximate surface area is 133 Å². The van der Waals surface area contributed by atoms with Crippen molar-refractivity contribution in [1.82, 2.24) is 0 Å². The van der Waals surface area contributed by atoms with E-state index in [-0.39, 0.29) is 5.91 Å². The van der Waals surface area contributed by atoms with Gasteiger partial charge in [0.2, 0.25) is 5.91 Å². The van der Waals surface area contributed by atoms with Crippen LogP contribution in [0.1, 0.15) is 18.9 Å². The van der Waals surface area contributed by atoms with E-state index in [4.69, 9.17) is 4.74 Å². The number of benzene rings is 2. The van der Waals surface area contributed by atoms with E-state index in [0.717, 1.165) is 22.3 Å². The molecule has 3 nitrogen and oxygen atoms in total. The lowest BCUT2D eigenvalue weighted by Crippen LogP contribution is -2.15. The minimum atomic E-state index is -0.0532. The summed E-state index contributed by atoms with van der Waals surface area (Å²) in [5.74, 6) is 0.742. The quantitative estimate of drug-likeness (QED) is 0.839. The Bertz CT molecular complexity index is 579. The van der Waals surface area contributed by atoms with Gasteiger partial charge in [-0.2, -0.15) is 0 Å². The van der Waals surface area contributed by atoms with E-state index in [0.29, 0.717) is 13.0 Å². The molecule has 0 aromatic heterocycles. The zero-order valence-electron chi connectivity index (χ0n) is 11.9. The number of aryl methyl sites for hydroxylation is 1. The van der Waals surface area contributed by atoms with Crippen molar-refractivity contribution in [3.05, 3.63) is 58.6 Å². The van der Waals surface area contributed by atoms with Crippen LogP contribution in [0.5, 0.6) is 5.75 Å². The molecule has 0 bridgehead atoms. The van der Waals surface area contributed by atoms with E-state index in [9.17, 15) is 4.79 Å². The second-order valence-electron chi connectivity index (χ2n) is 4.65. The molecule has 21 heavy (non-hydrogen) atoms. The van der Waals surface area contributed by atoms with Gasteiger partial charge >= 0.3 is 0 Å². The third-order valence-corrected chi connectivity index (χ3v) is 3.59. The van der Waals surface area contributed by atoms with Crippen LogP contribution in [-0.2, 0) is 11.2 Å². The van der Waals surface area contributed by atoms with E-state index in [2.05, 4.69) is 28.2 Å². The summed E-state index contributed by atoms with van der Waals surface area (Å²) in [5.41, 5.74) is 2.06. The molecule has 2 aromatic carbocycles. The highest BCUT2D eigenvalue weighted by molar-refractivity contribution is 9.10. The number of carbonyl (C=O) groups excluding carboxylic acids is 1. The molecular formula is C17H18BrNO2. The van der Waals surface area contributed by atoms with Crippen LogP contribution < -0.4 is 10.1 Å². The molecule has 0 spiro atoms. The maximum atomic E-state index is 11.8. The van der Waals surface area contributed by atoms with Gasteiger partial charge < -0.3 is 10.1 Å². The van der Waals surface area contributed by atoms with Crippen molar-refractivity contribution in [3.8, 4) is 5.75 Å². The molecule has 0 saturated carbocycles. The average Bonchev–Trinajstić information content (AvgIpc) is 2.50. The van der Waals surface area contributed by atoms with Gasteiger partial charge in [-0.05, 0) is 48.4 Å². The van der Waals surface area contributed by atoms with Crippen molar-refractivity contribution in [1.29, 1.82) is 0 Å². The highest BCUT2D eigenvalue weighted by atomic mass is 79.9. The number of amides is 1. The summed E-state index contributed by atoms with van der Waals surface area (Å²) in [7, 11) is 0. The first-order valence-corrected chi connectivity index (χ1v) is 7.74. The maximum Gasteiger partial charge on any atom is 0.227 e. The lowest BCUT2D eigenvalue weighted by Gasteiger charge is -2.08. The molecule has 0 saturated heterocycles. The number of anilines is 1. The Morgan fingerprint density at radius 2 is 1.76 bits per heavy atom. The molecule has 110 valence electrons. The van der Waals surface area contributed by atoms with Gasteiger partial charge in [0.05, 0.1) is 13.0 Å². The summed E-state index contributed by atoms with van der Waals surface area (Å²) >= 11 is 3.36. The third-order valence-electron chi connectivity index (χ3n) is 3.06. The SMILES string of the molecule is CCc1ccc(OCCC(=O)Nc2ccc(Br)cc2)cc1. The van der Waals surface area contributed by atoms with Crippen LogP contribution in [0.25, 0.3) is 0 Å². The first-order chi connectivity index (χ1) is 10.2. The molecular weight excluding hydrogens is 330 g/mol. The number of nitrogens with one attached hydrogen (secondary N) is 1. The Balaban J connectivity index is 1.74. The smallest absolute Gasteiger partial charge is 0.227 e. The van der Waals surface area contributed by atoms with Crippen LogP contribution in [0.2, 0.25) is 0 Å². The summed E-state index contributed by atoms with van der Waals surface area (Å²) in [5, 5.41) is 2.83. The zero-order chi connectivity index (χ0) is 15.1. The predicted molar refractivity (Wildman–Crippen MR) is 88.7 cm³/mol. The topological polar surface area (TPSA) is 38.3 Å². The van der Waals surface area contributed by atoms with Crippen molar-refractivity contribution in [2.45, 2.75) is 19.8 Å². The van der Waals surface area contributed by atoms with Crippen molar-refractivity contribution < 1.29 is 9.53 Å². The van der Waals surface area contributed by atoms with Crippen molar-refractivity contribution >= 4 is 27.5 Å². The standard InChI is InChI=1S/C17H18BrNO2/c1-2-13-3-9-16(10-4-13)21-12-11-17(20)19-15-7-5-14(18)6-8-15/h3-10H,2,11-12H2,1H3,(H,19,20). The van der Waals surface area contributed by atoms with Crippen LogP contribution in [0.3, 0.4) is 0 Å². The largest absolute Gasteiger partial charge is 0.493 e. The monoisotopic (exact) mass is 347 g/mol. The molecule has 0 unspecified atom stereocenters. The molecule has 0 fully saturated rings. The predicted octanol–water partition coefficient (Wildman–Crippen LogP) is 4.42. The van der Waals surface area contributed by atoms with Crippen LogP contribution in [0.4, 0.5) is 5.69 Å². The Morgan fingerprint density at radius 3 is 2.38 bits per heavy atom. The second kappa shape index (κ2) is 7.84. The Morgan fingerprint density at radius 1 is 1.10 bits per heavy atom. The van der Waals surface area contributed by atoms with Gasteiger partial charge in [-0.15, -0.1) is 0 Å². The maximum absolute atomic E-state index is 11.8. The average molecular weight is 348 g/mol. The number of ether oxygens (including phenoxy) is 1. The number of halogens is 1. The second-order valence-corrected chi connectivity index (χ2v) is 5.57. The van der Waals surface area contributed by atoms with E-state index >= 15 is 0 Å². The molecule has 0 aliphatic rings. The molecule has 0 aliphatic carbocycles. The molecule has 2 aromatic rings. The Kier molecular flexibility index (Phi) is 5.81. The van der Waals surface area contributed by atoms with Gasteiger partial charge in [-0.3, -0.25) is 4.79 Å². The van der Waals surface area contributed by atoms with Crippen LogP contribution in [-0.4, -0.2) is 12.5 Å². The summed E-state index contributed by atoms with van der Waals surface area (Å²) in [6.45, 7) is 2.48. The van der Waals surface area contributed by atoms with Gasteiger partial charge in [-0.1, -0.05) is 35.0 Å². The summed E-state index contributed by atoms with van der Waals surface area (Å²) in [6, 6.07) is 15.4. The fourth-order valence-electron chi connectivity index (χ4n) is 1.84. The van der Waals surface area contributed by atoms with Crippen molar-refractivity contribution in [2.24, 2.45) is 0 Å². The first-order valence-electron chi connectivity index (χ1n) is 6.94. The van der Waals surface area contributed by atoms with Gasteiger partial charge in [-0.25, -0.2) is 0 Å². The summed E-state index contributed by atoms with van der Waals surface area (Å²) in [6.07, 6.45) is 1.33.